The number of hydrogen-bond acceptors (Lipinski definition) is 4. The minimum absolute atomic E-state index is 0.0342. The SMILES string of the molecule is Cc1c(NCc2ccc(O)c(F)c2)cccc1[N+](=O)[O-]. The van der Waals surface area contributed by atoms with E-state index in [1.807, 2.05) is 0 Å². The predicted molar refractivity (Wildman–Crippen MR) is 73.2 cm³/mol. The molecule has 5 nitrogen and oxygen atoms in total. The number of halogens is 1. The molecule has 2 N–H and O–H groups in total. The first-order valence-corrected chi connectivity index (χ1v) is 5.94. The van der Waals surface area contributed by atoms with Crippen LogP contribution in [0.2, 0.25) is 0 Å². The molecule has 0 amide bonds. The van der Waals surface area contributed by atoms with Gasteiger partial charge in [0.25, 0.3) is 5.69 Å². The second-order valence-corrected chi connectivity index (χ2v) is 4.35. The Kier molecular flexibility index (Phi) is 3.84. The topological polar surface area (TPSA) is 75.4 Å². The molecule has 2 rings (SSSR count). The second-order valence-electron chi connectivity index (χ2n) is 4.35. The van der Waals surface area contributed by atoms with Gasteiger partial charge in [0.2, 0.25) is 0 Å². The lowest BCUT2D eigenvalue weighted by atomic mass is 10.1. The lowest BCUT2D eigenvalue weighted by Gasteiger charge is -2.10. The van der Waals surface area contributed by atoms with Gasteiger partial charge in [0.1, 0.15) is 0 Å². The van der Waals surface area contributed by atoms with E-state index in [2.05, 4.69) is 5.32 Å². The maximum atomic E-state index is 13.2. The maximum absolute atomic E-state index is 13.2. The standard InChI is InChI=1S/C14H13FN2O3/c1-9-12(3-2-4-13(9)17(19)20)16-8-10-5-6-14(18)11(15)7-10/h2-7,16,18H,8H2,1H3. The van der Waals surface area contributed by atoms with Gasteiger partial charge < -0.3 is 10.4 Å². The summed E-state index contributed by atoms with van der Waals surface area (Å²) in [7, 11) is 0. The summed E-state index contributed by atoms with van der Waals surface area (Å²) in [5.41, 5.74) is 1.81. The third kappa shape index (κ3) is 2.85. The molecule has 0 aromatic heterocycles. The first-order chi connectivity index (χ1) is 9.49. The van der Waals surface area contributed by atoms with Gasteiger partial charge in [-0.1, -0.05) is 12.1 Å². The minimum Gasteiger partial charge on any atom is -0.505 e. The number of nitro benzene ring substituents is 1. The van der Waals surface area contributed by atoms with Crippen LogP contribution in [0.1, 0.15) is 11.1 Å². The van der Waals surface area contributed by atoms with Crippen molar-refractivity contribution in [3.63, 3.8) is 0 Å². The van der Waals surface area contributed by atoms with E-state index >= 15 is 0 Å². The second kappa shape index (κ2) is 5.56. The van der Waals surface area contributed by atoms with E-state index in [4.69, 9.17) is 5.11 Å². The number of aromatic hydroxyl groups is 1. The summed E-state index contributed by atoms with van der Waals surface area (Å²) in [5.74, 6) is -1.10. The fourth-order valence-corrected chi connectivity index (χ4v) is 1.87. The molecule has 0 aliphatic heterocycles. The molecule has 104 valence electrons. The number of nitro groups is 1. The number of nitrogens with one attached hydrogen (secondary N) is 1. The molecule has 0 spiro atoms. The predicted octanol–water partition coefficient (Wildman–Crippen LogP) is 3.36. The van der Waals surface area contributed by atoms with Gasteiger partial charge in [-0.3, -0.25) is 10.1 Å². The van der Waals surface area contributed by atoms with E-state index in [9.17, 15) is 14.5 Å². The molecule has 0 fully saturated rings. The van der Waals surface area contributed by atoms with E-state index < -0.39 is 16.5 Å². The Morgan fingerprint density at radius 1 is 1.35 bits per heavy atom. The Labute approximate surface area is 114 Å². The molecule has 0 radical (unpaired) electrons. The number of anilines is 1. The van der Waals surface area contributed by atoms with E-state index in [0.717, 1.165) is 0 Å². The average molecular weight is 276 g/mol. The van der Waals surface area contributed by atoms with Gasteiger partial charge in [-0.2, -0.15) is 0 Å². The fraction of sp³-hybridized carbons (Fsp3) is 0.143. The van der Waals surface area contributed by atoms with Crippen LogP contribution in [0.15, 0.2) is 36.4 Å². The van der Waals surface area contributed by atoms with Crippen molar-refractivity contribution in [2.24, 2.45) is 0 Å². The highest BCUT2D eigenvalue weighted by atomic mass is 19.1. The van der Waals surface area contributed by atoms with Crippen LogP contribution in [0.5, 0.6) is 5.75 Å². The Balaban J connectivity index is 2.17. The monoisotopic (exact) mass is 276 g/mol. The lowest BCUT2D eigenvalue weighted by Crippen LogP contribution is -2.03. The Hall–Kier alpha value is -2.63. The molecule has 0 atom stereocenters. The highest BCUT2D eigenvalue weighted by Crippen LogP contribution is 2.25. The Morgan fingerprint density at radius 3 is 2.75 bits per heavy atom. The third-order valence-electron chi connectivity index (χ3n) is 3.00. The van der Waals surface area contributed by atoms with Crippen LogP contribution in [0.25, 0.3) is 0 Å². The highest BCUT2D eigenvalue weighted by Gasteiger charge is 2.12. The van der Waals surface area contributed by atoms with Crippen LogP contribution in [-0.2, 0) is 6.54 Å². The molecular weight excluding hydrogens is 263 g/mol. The van der Waals surface area contributed by atoms with E-state index in [1.54, 1.807) is 25.1 Å². The molecule has 0 saturated heterocycles. The van der Waals surface area contributed by atoms with Gasteiger partial charge in [-0.05, 0) is 30.7 Å². The molecule has 6 heteroatoms. The van der Waals surface area contributed by atoms with Gasteiger partial charge >= 0.3 is 0 Å². The summed E-state index contributed by atoms with van der Waals surface area (Å²) in [6.45, 7) is 1.96. The molecule has 0 aliphatic rings. The summed E-state index contributed by atoms with van der Waals surface area (Å²) in [4.78, 5) is 10.4. The zero-order valence-electron chi connectivity index (χ0n) is 10.8. The van der Waals surface area contributed by atoms with Crippen molar-refractivity contribution in [1.29, 1.82) is 0 Å². The van der Waals surface area contributed by atoms with Crippen molar-refractivity contribution >= 4 is 11.4 Å². The molecule has 20 heavy (non-hydrogen) atoms. The quantitative estimate of drug-likeness (QED) is 0.663. The molecule has 0 heterocycles. The van der Waals surface area contributed by atoms with Crippen molar-refractivity contribution in [1.82, 2.24) is 0 Å². The van der Waals surface area contributed by atoms with Gasteiger partial charge in [-0.15, -0.1) is 0 Å². The number of benzene rings is 2. The zero-order chi connectivity index (χ0) is 14.7. The first kappa shape index (κ1) is 13.8. The van der Waals surface area contributed by atoms with Crippen LogP contribution in [0.3, 0.4) is 0 Å². The smallest absolute Gasteiger partial charge is 0.274 e. The summed E-state index contributed by atoms with van der Waals surface area (Å²) >= 11 is 0. The highest BCUT2D eigenvalue weighted by molar-refractivity contribution is 5.59. The summed E-state index contributed by atoms with van der Waals surface area (Å²) < 4.78 is 13.2. The molecule has 2 aromatic rings. The maximum Gasteiger partial charge on any atom is 0.274 e. The zero-order valence-corrected chi connectivity index (χ0v) is 10.8. The van der Waals surface area contributed by atoms with Crippen molar-refractivity contribution in [3.8, 4) is 5.75 Å². The van der Waals surface area contributed by atoms with Crippen LogP contribution < -0.4 is 5.32 Å². The van der Waals surface area contributed by atoms with Crippen molar-refractivity contribution < 1.29 is 14.4 Å². The Morgan fingerprint density at radius 2 is 2.10 bits per heavy atom. The molecule has 0 bridgehead atoms. The van der Waals surface area contributed by atoms with Crippen LogP contribution >= 0.6 is 0 Å². The largest absolute Gasteiger partial charge is 0.505 e. The number of hydrogen-bond donors (Lipinski definition) is 2. The molecule has 2 aromatic carbocycles. The molecule has 0 saturated carbocycles. The van der Waals surface area contributed by atoms with E-state index in [0.29, 0.717) is 23.4 Å². The Bertz CT molecular complexity index is 659. The van der Waals surface area contributed by atoms with Crippen molar-refractivity contribution in [2.75, 3.05) is 5.32 Å². The van der Waals surface area contributed by atoms with Crippen LogP contribution in [0.4, 0.5) is 15.8 Å². The number of nitrogens with zero attached hydrogens (tertiary/aromatic N) is 1. The van der Waals surface area contributed by atoms with Gasteiger partial charge in [0, 0.05) is 23.9 Å². The van der Waals surface area contributed by atoms with Crippen LogP contribution in [0, 0.1) is 22.9 Å². The van der Waals surface area contributed by atoms with Crippen LogP contribution in [-0.4, -0.2) is 10.0 Å². The first-order valence-electron chi connectivity index (χ1n) is 5.94. The molecule has 0 unspecified atom stereocenters. The van der Waals surface area contributed by atoms with Gasteiger partial charge in [-0.25, -0.2) is 4.39 Å². The van der Waals surface area contributed by atoms with E-state index in [-0.39, 0.29) is 5.69 Å². The van der Waals surface area contributed by atoms with Crippen molar-refractivity contribution in [2.45, 2.75) is 13.5 Å². The summed E-state index contributed by atoms with van der Waals surface area (Å²) in [6, 6.07) is 8.81. The normalized spacial score (nSPS) is 10.3. The van der Waals surface area contributed by atoms with Crippen molar-refractivity contribution in [3.05, 3.63) is 63.5 Å². The average Bonchev–Trinajstić information content (AvgIpc) is 2.41. The number of rotatable bonds is 4. The number of phenolic OH excluding ortho intramolecular Hbond substituents is 1. The lowest BCUT2D eigenvalue weighted by molar-refractivity contribution is -0.385. The molecular formula is C14H13FN2O3. The third-order valence-corrected chi connectivity index (χ3v) is 3.00. The minimum atomic E-state index is -0.694. The number of phenols is 1. The summed E-state index contributed by atoms with van der Waals surface area (Å²) in [6.07, 6.45) is 0. The van der Waals surface area contributed by atoms with Gasteiger partial charge in [0.15, 0.2) is 11.6 Å². The fourth-order valence-electron chi connectivity index (χ4n) is 1.87. The molecule has 0 aliphatic carbocycles. The summed E-state index contributed by atoms with van der Waals surface area (Å²) in [5, 5.41) is 22.9. The van der Waals surface area contributed by atoms with E-state index in [1.165, 1.54) is 18.2 Å². The van der Waals surface area contributed by atoms with Gasteiger partial charge in [0.05, 0.1) is 4.92 Å².